The molecule has 128 valence electrons. The molecule has 1 fully saturated rings. The van der Waals surface area contributed by atoms with Crippen molar-refractivity contribution in [1.29, 1.82) is 0 Å². The van der Waals surface area contributed by atoms with Gasteiger partial charge in [-0.05, 0) is 6.92 Å². The highest BCUT2D eigenvalue weighted by molar-refractivity contribution is 7.87. The summed E-state index contributed by atoms with van der Waals surface area (Å²) in [5.74, 6) is 0.312. The van der Waals surface area contributed by atoms with Crippen molar-refractivity contribution < 1.29 is 22.7 Å². The van der Waals surface area contributed by atoms with Gasteiger partial charge in [0.25, 0.3) is 0 Å². The molecule has 0 saturated carbocycles. The SMILES string of the molecule is COc1nc(C)nc(N(C)C(=O)NS(=O)(=O)N2CCOCC2)n1. The molecule has 1 aromatic heterocycles. The maximum Gasteiger partial charge on any atom is 0.338 e. The average Bonchev–Trinajstić information content (AvgIpc) is 2.53. The van der Waals surface area contributed by atoms with E-state index in [1.54, 1.807) is 6.92 Å². The maximum absolute atomic E-state index is 12.2. The van der Waals surface area contributed by atoms with Gasteiger partial charge in [0.1, 0.15) is 5.82 Å². The van der Waals surface area contributed by atoms with Gasteiger partial charge in [0.2, 0.25) is 5.95 Å². The van der Waals surface area contributed by atoms with E-state index in [1.807, 2.05) is 4.72 Å². The van der Waals surface area contributed by atoms with Gasteiger partial charge in [-0.25, -0.2) is 9.52 Å². The van der Waals surface area contributed by atoms with E-state index in [0.29, 0.717) is 5.82 Å². The molecular formula is C11H18N6O5S. The molecule has 2 amide bonds. The molecule has 0 aromatic carbocycles. The van der Waals surface area contributed by atoms with E-state index in [0.717, 1.165) is 9.21 Å². The van der Waals surface area contributed by atoms with Gasteiger partial charge < -0.3 is 9.47 Å². The lowest BCUT2D eigenvalue weighted by Gasteiger charge is -2.26. The van der Waals surface area contributed by atoms with Crippen LogP contribution in [-0.4, -0.2) is 74.2 Å². The fraction of sp³-hybridized carbons (Fsp3) is 0.636. The second-order valence-electron chi connectivity index (χ2n) is 4.65. The number of methoxy groups -OCH3 is 1. The van der Waals surface area contributed by atoms with E-state index >= 15 is 0 Å². The van der Waals surface area contributed by atoms with Crippen molar-refractivity contribution in [2.45, 2.75) is 6.92 Å². The van der Waals surface area contributed by atoms with Gasteiger partial charge in [-0.15, -0.1) is 0 Å². The normalized spacial score (nSPS) is 16.0. The van der Waals surface area contributed by atoms with Crippen molar-refractivity contribution in [3.63, 3.8) is 0 Å². The number of nitrogens with one attached hydrogen (secondary N) is 1. The quantitative estimate of drug-likeness (QED) is 0.729. The monoisotopic (exact) mass is 346 g/mol. The number of aryl methyl sites for hydroxylation is 1. The first-order valence-electron chi connectivity index (χ1n) is 6.73. The van der Waals surface area contributed by atoms with E-state index < -0.39 is 16.2 Å². The van der Waals surface area contributed by atoms with Gasteiger partial charge in [-0.2, -0.15) is 27.7 Å². The lowest BCUT2D eigenvalue weighted by Crippen LogP contribution is -2.51. The number of hydrogen-bond donors (Lipinski definition) is 1. The Bertz CT molecular complexity index is 675. The fourth-order valence-corrected chi connectivity index (χ4v) is 2.92. The highest BCUT2D eigenvalue weighted by atomic mass is 32.2. The molecule has 0 atom stereocenters. The number of anilines is 1. The third kappa shape index (κ3) is 4.24. The summed E-state index contributed by atoms with van der Waals surface area (Å²) >= 11 is 0. The van der Waals surface area contributed by atoms with Crippen molar-refractivity contribution in [2.24, 2.45) is 0 Å². The van der Waals surface area contributed by atoms with Gasteiger partial charge in [0.05, 0.1) is 20.3 Å². The Morgan fingerprint density at radius 1 is 1.30 bits per heavy atom. The van der Waals surface area contributed by atoms with Crippen LogP contribution in [0.25, 0.3) is 0 Å². The summed E-state index contributed by atoms with van der Waals surface area (Å²) in [7, 11) is -1.23. The predicted molar refractivity (Wildman–Crippen MR) is 79.4 cm³/mol. The van der Waals surface area contributed by atoms with E-state index in [2.05, 4.69) is 15.0 Å². The standard InChI is InChI=1S/C11H18N6O5S/c1-8-12-9(14-10(13-8)21-3)16(2)11(18)15-23(19,20)17-4-6-22-7-5-17/h4-7H2,1-3H3,(H,15,18). The van der Waals surface area contributed by atoms with E-state index in [1.165, 1.54) is 14.2 Å². The first-order chi connectivity index (χ1) is 10.8. The Labute approximate surface area is 133 Å². The highest BCUT2D eigenvalue weighted by Crippen LogP contribution is 2.11. The van der Waals surface area contributed by atoms with Crippen LogP contribution in [0.5, 0.6) is 6.01 Å². The first kappa shape index (κ1) is 17.3. The second kappa shape index (κ2) is 7.02. The Morgan fingerprint density at radius 3 is 2.57 bits per heavy atom. The molecule has 0 radical (unpaired) electrons. The Balaban J connectivity index is 2.12. The molecule has 2 rings (SSSR count). The molecule has 1 saturated heterocycles. The Morgan fingerprint density at radius 2 is 1.96 bits per heavy atom. The highest BCUT2D eigenvalue weighted by Gasteiger charge is 2.28. The maximum atomic E-state index is 12.2. The largest absolute Gasteiger partial charge is 0.467 e. The third-order valence-electron chi connectivity index (χ3n) is 3.03. The molecule has 12 heteroatoms. The van der Waals surface area contributed by atoms with Crippen LogP contribution in [0.3, 0.4) is 0 Å². The number of nitrogens with zero attached hydrogens (tertiary/aromatic N) is 5. The van der Waals surface area contributed by atoms with Gasteiger partial charge in [-0.3, -0.25) is 4.90 Å². The van der Waals surface area contributed by atoms with Crippen molar-refractivity contribution in [3.05, 3.63) is 5.82 Å². The van der Waals surface area contributed by atoms with Crippen LogP contribution in [0, 0.1) is 6.92 Å². The van der Waals surface area contributed by atoms with Crippen molar-refractivity contribution in [2.75, 3.05) is 45.4 Å². The van der Waals surface area contributed by atoms with Crippen LogP contribution < -0.4 is 14.4 Å². The lowest BCUT2D eigenvalue weighted by molar-refractivity contribution is 0.0726. The molecule has 0 aliphatic carbocycles. The summed E-state index contributed by atoms with van der Waals surface area (Å²) in [6, 6.07) is -0.854. The molecule has 0 unspecified atom stereocenters. The van der Waals surface area contributed by atoms with Crippen molar-refractivity contribution in [1.82, 2.24) is 24.0 Å². The number of carbonyl (C=O) groups excluding carboxylic acids is 1. The Hall–Kier alpha value is -2.05. The number of carbonyl (C=O) groups is 1. The van der Waals surface area contributed by atoms with Gasteiger partial charge in [0, 0.05) is 20.1 Å². The number of urea groups is 1. The number of rotatable bonds is 4. The van der Waals surface area contributed by atoms with Crippen LogP contribution in [0.2, 0.25) is 0 Å². The minimum absolute atomic E-state index is 0.0240. The molecule has 0 bridgehead atoms. The smallest absolute Gasteiger partial charge is 0.338 e. The number of aromatic nitrogens is 3. The zero-order valence-electron chi connectivity index (χ0n) is 13.0. The first-order valence-corrected chi connectivity index (χ1v) is 8.17. The lowest BCUT2D eigenvalue weighted by atomic mass is 10.5. The molecule has 1 aliphatic rings. The predicted octanol–water partition coefficient (Wildman–Crippen LogP) is -1.09. The van der Waals surface area contributed by atoms with Crippen molar-refractivity contribution >= 4 is 22.2 Å². The zero-order chi connectivity index (χ0) is 17.0. The average molecular weight is 346 g/mol. The molecule has 11 nitrogen and oxygen atoms in total. The molecule has 0 spiro atoms. The van der Waals surface area contributed by atoms with Crippen LogP contribution >= 0.6 is 0 Å². The third-order valence-corrected chi connectivity index (χ3v) is 4.51. The number of ether oxygens (including phenoxy) is 2. The molecule has 1 aromatic rings. The number of morpholine rings is 1. The summed E-state index contributed by atoms with van der Waals surface area (Å²) in [6.07, 6.45) is 0. The summed E-state index contributed by atoms with van der Waals surface area (Å²) in [4.78, 5) is 24.9. The number of hydrogen-bond acceptors (Lipinski definition) is 8. The van der Waals surface area contributed by atoms with Gasteiger partial charge >= 0.3 is 22.3 Å². The Kier molecular flexibility index (Phi) is 5.28. The fourth-order valence-electron chi connectivity index (χ4n) is 1.81. The van der Waals surface area contributed by atoms with E-state index in [4.69, 9.17) is 9.47 Å². The second-order valence-corrected chi connectivity index (χ2v) is 6.32. The minimum Gasteiger partial charge on any atom is -0.467 e. The summed E-state index contributed by atoms with van der Waals surface area (Å²) in [6.45, 7) is 2.55. The van der Waals surface area contributed by atoms with E-state index in [-0.39, 0.29) is 38.3 Å². The molecular weight excluding hydrogens is 328 g/mol. The van der Waals surface area contributed by atoms with Crippen LogP contribution in [0.4, 0.5) is 10.7 Å². The van der Waals surface area contributed by atoms with Gasteiger partial charge in [0.15, 0.2) is 0 Å². The summed E-state index contributed by atoms with van der Waals surface area (Å²) in [5.41, 5.74) is 0. The molecule has 2 heterocycles. The van der Waals surface area contributed by atoms with E-state index in [9.17, 15) is 13.2 Å². The topological polar surface area (TPSA) is 127 Å². The van der Waals surface area contributed by atoms with Crippen molar-refractivity contribution in [3.8, 4) is 6.01 Å². The number of amides is 2. The van der Waals surface area contributed by atoms with Crippen LogP contribution in [-0.2, 0) is 14.9 Å². The van der Waals surface area contributed by atoms with Gasteiger partial charge in [-0.1, -0.05) is 0 Å². The molecule has 23 heavy (non-hydrogen) atoms. The minimum atomic E-state index is -3.95. The molecule has 1 N–H and O–H groups in total. The summed E-state index contributed by atoms with van der Waals surface area (Å²) in [5, 5.41) is 0. The molecule has 1 aliphatic heterocycles. The summed E-state index contributed by atoms with van der Waals surface area (Å²) < 4.78 is 37.4. The zero-order valence-corrected chi connectivity index (χ0v) is 13.8. The van der Waals surface area contributed by atoms with Crippen LogP contribution in [0.1, 0.15) is 5.82 Å². The van der Waals surface area contributed by atoms with Crippen LogP contribution in [0.15, 0.2) is 0 Å².